The molecule has 1 heterocycles. The van der Waals surface area contributed by atoms with Crippen LogP contribution in [0.3, 0.4) is 0 Å². The molecule has 1 unspecified atom stereocenters. The van der Waals surface area contributed by atoms with Crippen LogP contribution in [0, 0.1) is 0 Å². The van der Waals surface area contributed by atoms with Gasteiger partial charge in [0.2, 0.25) is 0 Å². The SMILES string of the molecule is CC1Oc2c(cc(C=O)cc2OC(F)F)NC1=O. The molecular weight excluding hydrogens is 248 g/mol. The fourth-order valence-electron chi connectivity index (χ4n) is 1.55. The molecule has 7 heteroatoms. The van der Waals surface area contributed by atoms with E-state index >= 15 is 0 Å². The Morgan fingerprint density at radius 3 is 2.83 bits per heavy atom. The molecule has 0 bridgehead atoms. The average molecular weight is 257 g/mol. The van der Waals surface area contributed by atoms with Gasteiger partial charge in [0.25, 0.3) is 5.91 Å². The maximum absolute atomic E-state index is 12.2. The van der Waals surface area contributed by atoms with Crippen molar-refractivity contribution in [3.8, 4) is 11.5 Å². The summed E-state index contributed by atoms with van der Waals surface area (Å²) in [6.07, 6.45) is -0.359. The molecule has 1 aliphatic rings. The highest BCUT2D eigenvalue weighted by atomic mass is 19.3. The topological polar surface area (TPSA) is 64.6 Å². The number of alkyl halides is 2. The summed E-state index contributed by atoms with van der Waals surface area (Å²) >= 11 is 0. The summed E-state index contributed by atoms with van der Waals surface area (Å²) in [7, 11) is 0. The van der Waals surface area contributed by atoms with Crippen molar-refractivity contribution in [2.75, 3.05) is 5.32 Å². The summed E-state index contributed by atoms with van der Waals surface area (Å²) in [6.45, 7) is -1.58. The number of amides is 1. The first-order valence-electron chi connectivity index (χ1n) is 5.07. The van der Waals surface area contributed by atoms with Gasteiger partial charge in [-0.2, -0.15) is 8.78 Å². The van der Waals surface area contributed by atoms with E-state index in [2.05, 4.69) is 10.1 Å². The number of hydrogen-bond acceptors (Lipinski definition) is 4. The van der Waals surface area contributed by atoms with Gasteiger partial charge in [0, 0.05) is 5.56 Å². The molecule has 0 radical (unpaired) electrons. The first-order valence-corrected chi connectivity index (χ1v) is 5.07. The predicted molar refractivity (Wildman–Crippen MR) is 57.2 cm³/mol. The van der Waals surface area contributed by atoms with E-state index in [0.29, 0.717) is 6.29 Å². The lowest BCUT2D eigenvalue weighted by Crippen LogP contribution is -2.34. The van der Waals surface area contributed by atoms with Crippen LogP contribution in [0.2, 0.25) is 0 Å². The normalized spacial score (nSPS) is 17.8. The highest BCUT2D eigenvalue weighted by Crippen LogP contribution is 2.40. The monoisotopic (exact) mass is 257 g/mol. The van der Waals surface area contributed by atoms with Crippen LogP contribution in [-0.2, 0) is 4.79 Å². The van der Waals surface area contributed by atoms with E-state index in [4.69, 9.17) is 4.74 Å². The highest BCUT2D eigenvalue weighted by Gasteiger charge is 2.28. The Kier molecular flexibility index (Phi) is 3.14. The molecule has 0 fully saturated rings. The van der Waals surface area contributed by atoms with Gasteiger partial charge in [-0.25, -0.2) is 0 Å². The van der Waals surface area contributed by atoms with Crippen molar-refractivity contribution in [3.63, 3.8) is 0 Å². The maximum Gasteiger partial charge on any atom is 0.387 e. The van der Waals surface area contributed by atoms with Gasteiger partial charge in [0.05, 0.1) is 5.69 Å². The van der Waals surface area contributed by atoms with Gasteiger partial charge in [-0.1, -0.05) is 0 Å². The lowest BCUT2D eigenvalue weighted by atomic mass is 10.1. The number of carbonyl (C=O) groups is 2. The second-order valence-corrected chi connectivity index (χ2v) is 3.64. The van der Waals surface area contributed by atoms with Gasteiger partial charge >= 0.3 is 6.61 Å². The van der Waals surface area contributed by atoms with Crippen molar-refractivity contribution in [1.29, 1.82) is 0 Å². The fraction of sp³-hybridized carbons (Fsp3) is 0.273. The molecule has 2 rings (SSSR count). The second-order valence-electron chi connectivity index (χ2n) is 3.64. The Balaban J connectivity index is 2.48. The summed E-state index contributed by atoms with van der Waals surface area (Å²) in [5.74, 6) is -0.710. The Labute approximate surface area is 101 Å². The smallest absolute Gasteiger partial charge is 0.387 e. The van der Waals surface area contributed by atoms with Gasteiger partial charge in [0.15, 0.2) is 17.6 Å². The van der Waals surface area contributed by atoms with E-state index in [9.17, 15) is 18.4 Å². The van der Waals surface area contributed by atoms with Crippen LogP contribution in [0.5, 0.6) is 11.5 Å². The molecule has 0 spiro atoms. The summed E-state index contributed by atoms with van der Waals surface area (Å²) in [4.78, 5) is 22.1. The van der Waals surface area contributed by atoms with Crippen molar-refractivity contribution in [1.82, 2.24) is 0 Å². The third kappa shape index (κ3) is 2.24. The van der Waals surface area contributed by atoms with Crippen molar-refractivity contribution in [2.24, 2.45) is 0 Å². The Hall–Kier alpha value is -2.18. The molecule has 1 aliphatic heterocycles. The minimum absolute atomic E-state index is 0.00648. The number of hydrogen-bond donors (Lipinski definition) is 1. The molecule has 18 heavy (non-hydrogen) atoms. The van der Waals surface area contributed by atoms with Gasteiger partial charge in [-0.05, 0) is 19.1 Å². The van der Waals surface area contributed by atoms with E-state index in [-0.39, 0.29) is 22.7 Å². The number of benzene rings is 1. The minimum atomic E-state index is -3.05. The zero-order valence-electron chi connectivity index (χ0n) is 9.28. The van der Waals surface area contributed by atoms with Crippen molar-refractivity contribution < 1.29 is 27.8 Å². The van der Waals surface area contributed by atoms with E-state index in [1.807, 2.05) is 0 Å². The van der Waals surface area contributed by atoms with Crippen LogP contribution < -0.4 is 14.8 Å². The number of ether oxygens (including phenoxy) is 2. The summed E-state index contributed by atoms with van der Waals surface area (Å²) < 4.78 is 34.0. The van der Waals surface area contributed by atoms with Gasteiger partial charge in [-0.15, -0.1) is 0 Å². The Morgan fingerprint density at radius 1 is 1.50 bits per heavy atom. The molecule has 0 aromatic heterocycles. The molecule has 1 N–H and O–H groups in total. The minimum Gasteiger partial charge on any atom is -0.475 e. The number of carbonyl (C=O) groups excluding carboxylic acids is 2. The van der Waals surface area contributed by atoms with Crippen molar-refractivity contribution in [2.45, 2.75) is 19.6 Å². The molecule has 0 saturated heterocycles. The number of fused-ring (bicyclic) bond motifs is 1. The van der Waals surface area contributed by atoms with Crippen LogP contribution >= 0.6 is 0 Å². The van der Waals surface area contributed by atoms with Crippen LogP contribution in [0.15, 0.2) is 12.1 Å². The second kappa shape index (κ2) is 4.59. The standard InChI is InChI=1S/C11H9F2NO4/c1-5-10(16)14-7-2-6(4-15)3-8(9(7)17-5)18-11(12)13/h2-5,11H,1H3,(H,14,16). The molecule has 1 aromatic rings. The summed E-state index contributed by atoms with van der Waals surface area (Å²) in [5, 5.41) is 2.45. The largest absolute Gasteiger partial charge is 0.475 e. The lowest BCUT2D eigenvalue weighted by molar-refractivity contribution is -0.122. The molecule has 0 saturated carbocycles. The van der Waals surface area contributed by atoms with Crippen molar-refractivity contribution >= 4 is 17.9 Å². The maximum atomic E-state index is 12.2. The molecular formula is C11H9F2NO4. The Morgan fingerprint density at radius 2 is 2.22 bits per heavy atom. The number of nitrogens with one attached hydrogen (secondary N) is 1. The zero-order chi connectivity index (χ0) is 13.3. The number of rotatable bonds is 3. The van der Waals surface area contributed by atoms with Gasteiger partial charge in [-0.3, -0.25) is 9.59 Å². The first kappa shape index (κ1) is 12.3. The van der Waals surface area contributed by atoms with Crippen molar-refractivity contribution in [3.05, 3.63) is 17.7 Å². The highest BCUT2D eigenvalue weighted by molar-refractivity contribution is 5.99. The molecule has 1 amide bonds. The lowest BCUT2D eigenvalue weighted by Gasteiger charge is -2.25. The van der Waals surface area contributed by atoms with Crippen LogP contribution in [0.1, 0.15) is 17.3 Å². The van der Waals surface area contributed by atoms with Gasteiger partial charge in [0.1, 0.15) is 6.29 Å². The van der Waals surface area contributed by atoms with Crippen LogP contribution in [0.4, 0.5) is 14.5 Å². The molecule has 1 atom stereocenters. The number of aldehydes is 1. The van der Waals surface area contributed by atoms with Crippen LogP contribution in [0.25, 0.3) is 0 Å². The number of halogens is 2. The quantitative estimate of drug-likeness (QED) is 0.839. The van der Waals surface area contributed by atoms with Crippen LogP contribution in [-0.4, -0.2) is 24.9 Å². The van der Waals surface area contributed by atoms with E-state index in [1.165, 1.54) is 13.0 Å². The molecule has 0 aliphatic carbocycles. The fourth-order valence-corrected chi connectivity index (χ4v) is 1.55. The first-order chi connectivity index (χ1) is 8.51. The third-order valence-electron chi connectivity index (χ3n) is 2.35. The van der Waals surface area contributed by atoms with E-state index < -0.39 is 18.6 Å². The zero-order valence-corrected chi connectivity index (χ0v) is 9.28. The van der Waals surface area contributed by atoms with E-state index in [1.54, 1.807) is 0 Å². The summed E-state index contributed by atoms with van der Waals surface area (Å²) in [6, 6.07) is 2.45. The molecule has 96 valence electrons. The summed E-state index contributed by atoms with van der Waals surface area (Å²) in [5.41, 5.74) is 0.237. The Bertz CT molecular complexity index is 504. The predicted octanol–water partition coefficient (Wildman–Crippen LogP) is 1.82. The van der Waals surface area contributed by atoms with E-state index in [0.717, 1.165) is 6.07 Å². The molecule has 5 nitrogen and oxygen atoms in total. The average Bonchev–Trinajstić information content (AvgIpc) is 2.30. The molecule has 1 aromatic carbocycles. The number of anilines is 1. The third-order valence-corrected chi connectivity index (χ3v) is 2.35. The van der Waals surface area contributed by atoms with Gasteiger partial charge < -0.3 is 14.8 Å².